The minimum atomic E-state index is -4.27. The first-order chi connectivity index (χ1) is 15.9. The molecule has 4 nitrogen and oxygen atoms in total. The van der Waals surface area contributed by atoms with Crippen LogP contribution >= 0.6 is 0 Å². The maximum Gasteiger partial charge on any atom is 0.176 e. The lowest BCUT2D eigenvalue weighted by Gasteiger charge is -2.05. The summed E-state index contributed by atoms with van der Waals surface area (Å²) in [6, 6.07) is 16.6. The van der Waals surface area contributed by atoms with E-state index < -0.39 is 10.1 Å². The average molecular weight is 470 g/mol. The molecule has 0 amide bonds. The van der Waals surface area contributed by atoms with Crippen LogP contribution in [0.5, 0.6) is 0 Å². The molecule has 0 saturated carbocycles. The third-order valence-electron chi connectivity index (χ3n) is 5.83. The van der Waals surface area contributed by atoms with Crippen molar-refractivity contribution in [3.8, 4) is 0 Å². The lowest BCUT2D eigenvalue weighted by atomic mass is 10.1. The molecule has 0 atom stereocenters. The molecule has 0 aliphatic heterocycles. The van der Waals surface area contributed by atoms with Gasteiger partial charge in [-0.25, -0.2) is 13.0 Å². The SMILES string of the molecule is CCCCCCCCCCCC[n+]1ccc2ccccc2c1.Cc1ccc(S(=O)(=O)[O-])cc1. The highest BCUT2D eigenvalue weighted by Crippen LogP contribution is 2.12. The van der Waals surface area contributed by atoms with Crippen LogP contribution in [0.25, 0.3) is 10.8 Å². The first kappa shape index (κ1) is 27.0. The third kappa shape index (κ3) is 11.0. The largest absolute Gasteiger partial charge is 0.744 e. The van der Waals surface area contributed by atoms with Gasteiger partial charge in [0, 0.05) is 17.9 Å². The molecule has 5 heteroatoms. The Balaban J connectivity index is 0.000000294. The van der Waals surface area contributed by atoms with Crippen molar-refractivity contribution in [2.24, 2.45) is 0 Å². The van der Waals surface area contributed by atoms with Gasteiger partial charge < -0.3 is 4.55 Å². The Morgan fingerprint density at radius 1 is 0.727 bits per heavy atom. The quantitative estimate of drug-likeness (QED) is 0.164. The van der Waals surface area contributed by atoms with Crippen molar-refractivity contribution < 1.29 is 17.5 Å². The van der Waals surface area contributed by atoms with Crippen LogP contribution in [0.15, 0.2) is 71.9 Å². The predicted octanol–water partition coefficient (Wildman–Crippen LogP) is 6.95. The highest BCUT2D eigenvalue weighted by molar-refractivity contribution is 7.85. The maximum atomic E-state index is 10.4. The molecule has 0 saturated heterocycles. The maximum absolute atomic E-state index is 10.4. The zero-order valence-electron chi connectivity index (χ0n) is 20.2. The number of hydrogen-bond acceptors (Lipinski definition) is 3. The average Bonchev–Trinajstić information content (AvgIpc) is 2.80. The Kier molecular flexibility index (Phi) is 12.1. The molecule has 1 heterocycles. The fraction of sp³-hybridized carbons (Fsp3) is 0.464. The summed E-state index contributed by atoms with van der Waals surface area (Å²) in [6.07, 6.45) is 18.5. The molecule has 2 aromatic carbocycles. The smallest absolute Gasteiger partial charge is 0.176 e. The standard InChI is InChI=1S/C21H32N.C7H8O3S/c1-2-3-4-5-6-7-8-9-10-13-17-22-18-16-20-14-11-12-15-21(20)19-22;1-6-2-4-7(5-3-6)11(8,9)10/h11-12,14-16,18-19H,2-10,13,17H2,1H3;2-5H,1H3,(H,8,9,10)/q+1;/p-1. The van der Waals surface area contributed by atoms with Crippen LogP contribution in [-0.2, 0) is 16.7 Å². The van der Waals surface area contributed by atoms with Gasteiger partial charge in [0.1, 0.15) is 16.7 Å². The summed E-state index contributed by atoms with van der Waals surface area (Å²) >= 11 is 0. The summed E-state index contributed by atoms with van der Waals surface area (Å²) in [6.45, 7) is 5.26. The first-order valence-electron chi connectivity index (χ1n) is 12.3. The zero-order valence-corrected chi connectivity index (χ0v) is 21.0. The van der Waals surface area contributed by atoms with E-state index in [2.05, 4.69) is 54.2 Å². The van der Waals surface area contributed by atoms with Gasteiger partial charge in [-0.1, -0.05) is 94.2 Å². The van der Waals surface area contributed by atoms with Crippen molar-refractivity contribution in [3.05, 3.63) is 72.6 Å². The van der Waals surface area contributed by atoms with Gasteiger partial charge in [-0.2, -0.15) is 0 Å². The molecule has 33 heavy (non-hydrogen) atoms. The van der Waals surface area contributed by atoms with Crippen LogP contribution in [0, 0.1) is 6.92 Å². The number of pyridine rings is 1. The molecule has 0 fully saturated rings. The Hall–Kier alpha value is -2.24. The molecule has 3 aromatic rings. The van der Waals surface area contributed by atoms with Gasteiger partial charge in [-0.15, -0.1) is 0 Å². The normalized spacial score (nSPS) is 11.2. The molecule has 0 bridgehead atoms. The molecule has 180 valence electrons. The number of fused-ring (bicyclic) bond motifs is 1. The van der Waals surface area contributed by atoms with E-state index in [1.54, 1.807) is 12.1 Å². The van der Waals surface area contributed by atoms with Crippen molar-refractivity contribution >= 4 is 20.9 Å². The minimum absolute atomic E-state index is 0.178. The van der Waals surface area contributed by atoms with Gasteiger partial charge in [0.2, 0.25) is 0 Å². The highest BCUT2D eigenvalue weighted by Gasteiger charge is 2.02. The number of rotatable bonds is 12. The summed E-state index contributed by atoms with van der Waals surface area (Å²) in [5.41, 5.74) is 0.928. The van der Waals surface area contributed by atoms with Crippen molar-refractivity contribution in [1.29, 1.82) is 0 Å². The molecule has 0 unspecified atom stereocenters. The van der Waals surface area contributed by atoms with Gasteiger partial charge in [0.25, 0.3) is 0 Å². The number of nitrogens with zero attached hydrogens (tertiary/aromatic N) is 1. The van der Waals surface area contributed by atoms with E-state index in [9.17, 15) is 13.0 Å². The Morgan fingerprint density at radius 2 is 1.27 bits per heavy atom. The van der Waals surface area contributed by atoms with E-state index in [1.165, 1.54) is 87.1 Å². The van der Waals surface area contributed by atoms with Gasteiger partial charge in [-0.3, -0.25) is 0 Å². The van der Waals surface area contributed by atoms with E-state index in [4.69, 9.17) is 0 Å². The van der Waals surface area contributed by atoms with E-state index in [0.29, 0.717) is 0 Å². The second-order valence-electron chi connectivity index (χ2n) is 8.76. The Morgan fingerprint density at radius 3 is 1.85 bits per heavy atom. The van der Waals surface area contributed by atoms with E-state index >= 15 is 0 Å². The monoisotopic (exact) mass is 469 g/mol. The fourth-order valence-corrected chi connectivity index (χ4v) is 4.27. The van der Waals surface area contributed by atoms with Crippen molar-refractivity contribution in [1.82, 2.24) is 0 Å². The predicted molar refractivity (Wildman–Crippen MR) is 135 cm³/mol. The van der Waals surface area contributed by atoms with E-state index in [0.717, 1.165) is 12.1 Å². The lowest BCUT2D eigenvalue weighted by Crippen LogP contribution is -2.32. The molecule has 0 aliphatic rings. The van der Waals surface area contributed by atoms with Crippen LogP contribution in [0.4, 0.5) is 0 Å². The summed E-state index contributed by atoms with van der Waals surface area (Å²) in [5, 5.41) is 2.68. The summed E-state index contributed by atoms with van der Waals surface area (Å²) in [5.74, 6) is 0. The molecule has 3 rings (SSSR count). The van der Waals surface area contributed by atoms with Gasteiger partial charge in [-0.05, 0) is 36.9 Å². The number of aryl methyl sites for hydroxylation is 2. The number of aromatic nitrogens is 1. The number of unbranched alkanes of at least 4 members (excludes halogenated alkanes) is 9. The van der Waals surface area contributed by atoms with Crippen LogP contribution < -0.4 is 4.57 Å². The van der Waals surface area contributed by atoms with Crippen molar-refractivity contribution in [2.45, 2.75) is 89.5 Å². The van der Waals surface area contributed by atoms with Gasteiger partial charge >= 0.3 is 0 Å². The molecule has 0 spiro atoms. The number of benzene rings is 2. The zero-order chi connectivity index (χ0) is 23.9. The van der Waals surface area contributed by atoms with Crippen LogP contribution in [0.3, 0.4) is 0 Å². The molecule has 0 radical (unpaired) electrons. The number of hydrogen-bond donors (Lipinski definition) is 0. The topological polar surface area (TPSA) is 61.1 Å². The second-order valence-corrected chi connectivity index (χ2v) is 10.1. The highest BCUT2D eigenvalue weighted by atomic mass is 32.2. The van der Waals surface area contributed by atoms with Crippen LogP contribution in [0.1, 0.15) is 76.7 Å². The Bertz CT molecular complexity index is 1050. The van der Waals surface area contributed by atoms with Crippen LogP contribution in [-0.4, -0.2) is 13.0 Å². The van der Waals surface area contributed by atoms with Crippen molar-refractivity contribution in [2.75, 3.05) is 0 Å². The van der Waals surface area contributed by atoms with Crippen molar-refractivity contribution in [3.63, 3.8) is 0 Å². The molecule has 0 aliphatic carbocycles. The molecular weight excluding hydrogens is 430 g/mol. The lowest BCUT2D eigenvalue weighted by molar-refractivity contribution is -0.696. The fourth-order valence-electron chi connectivity index (χ4n) is 3.80. The minimum Gasteiger partial charge on any atom is -0.744 e. The summed E-state index contributed by atoms with van der Waals surface area (Å²) in [7, 11) is -4.27. The molecular formula is C28H39NO3S. The summed E-state index contributed by atoms with van der Waals surface area (Å²) < 4.78 is 33.5. The van der Waals surface area contributed by atoms with E-state index in [1.807, 2.05) is 6.92 Å². The third-order valence-corrected chi connectivity index (χ3v) is 6.68. The molecule has 1 aromatic heterocycles. The molecule has 0 N–H and O–H groups in total. The van der Waals surface area contributed by atoms with Gasteiger partial charge in [0.05, 0.1) is 4.90 Å². The van der Waals surface area contributed by atoms with E-state index in [-0.39, 0.29) is 4.90 Å². The Labute approximate surface area is 200 Å². The second kappa shape index (κ2) is 14.8. The van der Waals surface area contributed by atoms with Gasteiger partial charge in [0.15, 0.2) is 12.4 Å². The first-order valence-corrected chi connectivity index (χ1v) is 13.7. The summed E-state index contributed by atoms with van der Waals surface area (Å²) in [4.78, 5) is -0.178. The van der Waals surface area contributed by atoms with Crippen LogP contribution in [0.2, 0.25) is 0 Å².